The van der Waals surface area contributed by atoms with Gasteiger partial charge >= 0.3 is 6.03 Å². The summed E-state index contributed by atoms with van der Waals surface area (Å²) in [6.45, 7) is 2.70. The van der Waals surface area contributed by atoms with Crippen LogP contribution >= 0.6 is 0 Å². The fourth-order valence-electron chi connectivity index (χ4n) is 6.63. The molecule has 4 amide bonds. The van der Waals surface area contributed by atoms with Gasteiger partial charge in [-0.3, -0.25) is 9.59 Å². The van der Waals surface area contributed by atoms with Gasteiger partial charge in [0, 0.05) is 44.2 Å². The maximum atomic E-state index is 13.6. The number of urea groups is 1. The number of nitrogens with one attached hydrogen (secondary N) is 2. The molecule has 4 aliphatic rings. The first kappa shape index (κ1) is 24.1. The number of hydrogen-bond donors (Lipinski definition) is 2. The van der Waals surface area contributed by atoms with E-state index >= 15 is 0 Å². The highest BCUT2D eigenvalue weighted by Crippen LogP contribution is 2.38. The average Bonchev–Trinajstić information content (AvgIpc) is 3.33. The van der Waals surface area contributed by atoms with E-state index < -0.39 is 0 Å². The Labute approximate surface area is 209 Å². The third kappa shape index (κ3) is 5.49. The van der Waals surface area contributed by atoms with Crippen molar-refractivity contribution >= 4 is 17.8 Å². The summed E-state index contributed by atoms with van der Waals surface area (Å²) in [5.74, 6) is -0.392. The van der Waals surface area contributed by atoms with Crippen molar-refractivity contribution in [1.82, 2.24) is 20.4 Å². The van der Waals surface area contributed by atoms with E-state index in [0.29, 0.717) is 32.5 Å². The molecule has 7 heteroatoms. The van der Waals surface area contributed by atoms with Gasteiger partial charge in [-0.2, -0.15) is 0 Å². The Morgan fingerprint density at radius 2 is 1.69 bits per heavy atom. The Hall–Kier alpha value is -2.57. The van der Waals surface area contributed by atoms with Gasteiger partial charge in [0.2, 0.25) is 11.8 Å². The van der Waals surface area contributed by atoms with E-state index in [9.17, 15) is 14.4 Å². The molecule has 3 atom stereocenters. The molecule has 2 N–H and O–H groups in total. The fourth-order valence-corrected chi connectivity index (χ4v) is 6.63. The second-order valence-corrected chi connectivity index (χ2v) is 11.0. The molecule has 190 valence electrons. The molecule has 2 heterocycles. The van der Waals surface area contributed by atoms with Crippen molar-refractivity contribution in [3.8, 4) is 0 Å². The van der Waals surface area contributed by atoms with Gasteiger partial charge in [-0.05, 0) is 62.5 Å². The molecule has 7 nitrogen and oxygen atoms in total. The molecular weight excluding hydrogens is 440 g/mol. The molecule has 1 aromatic carbocycles. The third-order valence-electron chi connectivity index (χ3n) is 8.63. The maximum absolute atomic E-state index is 13.6. The molecule has 1 saturated heterocycles. The molecule has 35 heavy (non-hydrogen) atoms. The normalized spacial score (nSPS) is 28.0. The second-order valence-electron chi connectivity index (χ2n) is 11.0. The predicted molar refractivity (Wildman–Crippen MR) is 135 cm³/mol. The zero-order valence-electron chi connectivity index (χ0n) is 20.8. The van der Waals surface area contributed by atoms with Crippen LogP contribution in [0.15, 0.2) is 24.3 Å². The number of nitrogens with zero attached hydrogens (tertiary/aromatic N) is 2. The summed E-state index contributed by atoms with van der Waals surface area (Å²) in [5, 5.41) is 6.37. The van der Waals surface area contributed by atoms with E-state index in [1.165, 1.54) is 17.5 Å². The van der Waals surface area contributed by atoms with E-state index in [2.05, 4.69) is 28.8 Å². The van der Waals surface area contributed by atoms with Crippen LogP contribution in [0.25, 0.3) is 0 Å². The summed E-state index contributed by atoms with van der Waals surface area (Å²) >= 11 is 0. The zero-order valence-corrected chi connectivity index (χ0v) is 20.8. The average molecular weight is 481 g/mol. The van der Waals surface area contributed by atoms with Gasteiger partial charge in [-0.25, -0.2) is 4.79 Å². The summed E-state index contributed by atoms with van der Waals surface area (Å²) in [7, 11) is 0. The first-order valence-electron chi connectivity index (χ1n) is 13.8. The predicted octanol–water partition coefficient (Wildman–Crippen LogP) is 3.61. The Balaban J connectivity index is 1.32. The van der Waals surface area contributed by atoms with Gasteiger partial charge in [0.1, 0.15) is 0 Å². The zero-order chi connectivity index (χ0) is 24.2. The van der Waals surface area contributed by atoms with Gasteiger partial charge in [0.25, 0.3) is 0 Å². The van der Waals surface area contributed by atoms with Crippen LogP contribution in [-0.2, 0) is 22.6 Å². The summed E-state index contributed by atoms with van der Waals surface area (Å²) in [6.07, 6.45) is 10.5. The minimum Gasteiger partial charge on any atom is -0.356 e. The minimum absolute atomic E-state index is 0.00616. The molecule has 0 aromatic heterocycles. The van der Waals surface area contributed by atoms with Crippen molar-refractivity contribution in [2.24, 2.45) is 11.8 Å². The Morgan fingerprint density at radius 1 is 0.914 bits per heavy atom. The molecule has 0 radical (unpaired) electrons. The lowest BCUT2D eigenvalue weighted by Gasteiger charge is -2.35. The number of fused-ring (bicyclic) bond motifs is 2. The molecule has 2 aliphatic carbocycles. The van der Waals surface area contributed by atoms with E-state index in [1.54, 1.807) is 0 Å². The Morgan fingerprint density at radius 3 is 2.51 bits per heavy atom. The number of rotatable bonds is 2. The summed E-state index contributed by atoms with van der Waals surface area (Å²) in [4.78, 5) is 44.2. The van der Waals surface area contributed by atoms with Crippen LogP contribution in [0.4, 0.5) is 4.79 Å². The van der Waals surface area contributed by atoms with Crippen LogP contribution in [0, 0.1) is 11.8 Å². The maximum Gasteiger partial charge on any atom is 0.317 e. The first-order chi connectivity index (χ1) is 17.1. The molecule has 1 aromatic rings. The standard InChI is InChI=1S/C28H40N4O3/c33-26-24-17-22(27(34)31-16-13-20-9-5-6-10-21(20)19-31)18-25(24)32(15-8-2-7-14-29-26)28(35)30-23-11-3-1-4-12-23/h5-6,9-10,22-25H,1-4,7-8,11-19H2,(H,29,33)(H,30,35). The quantitative estimate of drug-likeness (QED) is 0.679. The Bertz CT molecular complexity index is 929. The van der Waals surface area contributed by atoms with Crippen LogP contribution in [0.5, 0.6) is 0 Å². The van der Waals surface area contributed by atoms with E-state index in [0.717, 1.165) is 57.9 Å². The van der Waals surface area contributed by atoms with E-state index in [1.807, 2.05) is 15.9 Å². The van der Waals surface area contributed by atoms with Gasteiger partial charge in [-0.15, -0.1) is 0 Å². The smallest absolute Gasteiger partial charge is 0.317 e. The van der Waals surface area contributed by atoms with Gasteiger partial charge in [-0.1, -0.05) is 43.5 Å². The first-order valence-corrected chi connectivity index (χ1v) is 13.8. The van der Waals surface area contributed by atoms with Crippen molar-refractivity contribution in [3.05, 3.63) is 35.4 Å². The molecule has 5 rings (SSSR count). The topological polar surface area (TPSA) is 81.8 Å². The summed E-state index contributed by atoms with van der Waals surface area (Å²) in [6, 6.07) is 8.31. The Kier molecular flexibility index (Phi) is 7.59. The molecule has 2 saturated carbocycles. The SMILES string of the molecule is O=C1NCCCCCN(C(=O)NC2CCCCC2)C2CC(C(=O)N3CCc4ccccc4C3)CC12. The van der Waals surface area contributed by atoms with Crippen LogP contribution in [-0.4, -0.2) is 59.4 Å². The monoisotopic (exact) mass is 480 g/mol. The third-order valence-corrected chi connectivity index (χ3v) is 8.63. The number of carbonyl (C=O) groups is 3. The fraction of sp³-hybridized carbons (Fsp3) is 0.679. The van der Waals surface area contributed by atoms with Crippen LogP contribution in [0.3, 0.4) is 0 Å². The van der Waals surface area contributed by atoms with E-state index in [-0.39, 0.29) is 41.8 Å². The van der Waals surface area contributed by atoms with Crippen molar-refractivity contribution in [2.75, 3.05) is 19.6 Å². The minimum atomic E-state index is -0.323. The summed E-state index contributed by atoms with van der Waals surface area (Å²) in [5.41, 5.74) is 2.54. The molecule has 0 bridgehead atoms. The summed E-state index contributed by atoms with van der Waals surface area (Å²) < 4.78 is 0. The second kappa shape index (κ2) is 11.0. The number of benzene rings is 1. The number of carbonyl (C=O) groups excluding carboxylic acids is 3. The number of amides is 4. The lowest BCUT2D eigenvalue weighted by Crippen LogP contribution is -2.53. The van der Waals surface area contributed by atoms with Gasteiger partial charge < -0.3 is 20.4 Å². The van der Waals surface area contributed by atoms with E-state index in [4.69, 9.17) is 0 Å². The van der Waals surface area contributed by atoms with Crippen LogP contribution in [0.1, 0.15) is 75.3 Å². The highest BCUT2D eigenvalue weighted by atomic mass is 16.2. The molecule has 3 fully saturated rings. The molecule has 0 spiro atoms. The highest BCUT2D eigenvalue weighted by Gasteiger charge is 2.47. The van der Waals surface area contributed by atoms with Crippen molar-refractivity contribution < 1.29 is 14.4 Å². The van der Waals surface area contributed by atoms with Gasteiger partial charge in [0.15, 0.2) is 0 Å². The van der Waals surface area contributed by atoms with Gasteiger partial charge in [0.05, 0.1) is 5.92 Å². The van der Waals surface area contributed by atoms with Crippen LogP contribution < -0.4 is 10.6 Å². The van der Waals surface area contributed by atoms with Crippen molar-refractivity contribution in [3.63, 3.8) is 0 Å². The van der Waals surface area contributed by atoms with Crippen LogP contribution in [0.2, 0.25) is 0 Å². The van der Waals surface area contributed by atoms with Crippen molar-refractivity contribution in [1.29, 1.82) is 0 Å². The number of hydrogen-bond acceptors (Lipinski definition) is 3. The lowest BCUT2D eigenvalue weighted by molar-refractivity contribution is -0.136. The molecular formula is C28H40N4O3. The van der Waals surface area contributed by atoms with Crippen molar-refractivity contribution in [2.45, 2.75) is 89.3 Å². The molecule has 2 aliphatic heterocycles. The molecule has 3 unspecified atom stereocenters. The highest BCUT2D eigenvalue weighted by molar-refractivity contribution is 5.85. The largest absolute Gasteiger partial charge is 0.356 e. The lowest BCUT2D eigenvalue weighted by atomic mass is 9.95.